The predicted molar refractivity (Wildman–Crippen MR) is 65.4 cm³/mol. The molecule has 0 radical (unpaired) electrons. The standard InChI is InChI=1S/C13H12N2O2/c1-17-13(16)12-7-4-10(8-15-12)9-2-5-11(14)6-3-9/h2-8H,14H2,1H3. The van der Waals surface area contributed by atoms with Crippen LogP contribution in [0, 0.1) is 0 Å². The van der Waals surface area contributed by atoms with E-state index in [-0.39, 0.29) is 0 Å². The molecule has 0 aliphatic carbocycles. The quantitative estimate of drug-likeness (QED) is 0.631. The van der Waals surface area contributed by atoms with Crippen molar-refractivity contribution in [1.29, 1.82) is 0 Å². The Hall–Kier alpha value is -2.36. The number of benzene rings is 1. The molecule has 1 heterocycles. The van der Waals surface area contributed by atoms with Gasteiger partial charge in [-0.15, -0.1) is 0 Å². The maximum atomic E-state index is 11.2. The minimum atomic E-state index is -0.436. The van der Waals surface area contributed by atoms with Crippen molar-refractivity contribution in [2.45, 2.75) is 0 Å². The number of hydrogen-bond acceptors (Lipinski definition) is 4. The van der Waals surface area contributed by atoms with Crippen molar-refractivity contribution < 1.29 is 9.53 Å². The average Bonchev–Trinajstić information content (AvgIpc) is 2.39. The number of ether oxygens (including phenoxy) is 1. The first kappa shape index (κ1) is 11.1. The highest BCUT2D eigenvalue weighted by Crippen LogP contribution is 2.19. The Morgan fingerprint density at radius 3 is 2.29 bits per heavy atom. The van der Waals surface area contributed by atoms with Gasteiger partial charge in [0.1, 0.15) is 5.69 Å². The lowest BCUT2D eigenvalue weighted by atomic mass is 10.1. The number of esters is 1. The van der Waals surface area contributed by atoms with Crippen LogP contribution in [0.1, 0.15) is 10.5 Å². The molecule has 17 heavy (non-hydrogen) atoms. The number of carbonyl (C=O) groups excluding carboxylic acids is 1. The fraction of sp³-hybridized carbons (Fsp3) is 0.0769. The zero-order valence-electron chi connectivity index (χ0n) is 9.38. The summed E-state index contributed by atoms with van der Waals surface area (Å²) >= 11 is 0. The van der Waals surface area contributed by atoms with Crippen LogP contribution in [0.4, 0.5) is 5.69 Å². The fourth-order valence-corrected chi connectivity index (χ4v) is 1.47. The maximum Gasteiger partial charge on any atom is 0.356 e. The van der Waals surface area contributed by atoms with Gasteiger partial charge >= 0.3 is 5.97 Å². The maximum absolute atomic E-state index is 11.2. The first-order valence-electron chi connectivity index (χ1n) is 5.11. The predicted octanol–water partition coefficient (Wildman–Crippen LogP) is 2.12. The van der Waals surface area contributed by atoms with Crippen molar-refractivity contribution >= 4 is 11.7 Å². The molecule has 2 aromatic rings. The number of anilines is 1. The number of pyridine rings is 1. The third-order valence-corrected chi connectivity index (χ3v) is 2.40. The lowest BCUT2D eigenvalue weighted by Crippen LogP contribution is -2.03. The second-order valence-corrected chi connectivity index (χ2v) is 3.55. The van der Waals surface area contributed by atoms with E-state index < -0.39 is 5.97 Å². The van der Waals surface area contributed by atoms with Crippen molar-refractivity contribution in [3.8, 4) is 11.1 Å². The number of rotatable bonds is 2. The molecule has 0 atom stereocenters. The first-order chi connectivity index (χ1) is 8.20. The van der Waals surface area contributed by atoms with E-state index in [1.54, 1.807) is 12.3 Å². The van der Waals surface area contributed by atoms with Gasteiger partial charge in [-0.05, 0) is 23.8 Å². The summed E-state index contributed by atoms with van der Waals surface area (Å²) in [5.41, 5.74) is 8.55. The minimum absolute atomic E-state index is 0.298. The van der Waals surface area contributed by atoms with Gasteiger partial charge in [-0.2, -0.15) is 0 Å². The van der Waals surface area contributed by atoms with Crippen LogP contribution in [-0.2, 0) is 4.74 Å². The Morgan fingerprint density at radius 1 is 1.12 bits per heavy atom. The summed E-state index contributed by atoms with van der Waals surface area (Å²) in [6, 6.07) is 10.9. The Morgan fingerprint density at radius 2 is 1.76 bits per heavy atom. The van der Waals surface area contributed by atoms with Crippen LogP contribution in [0.15, 0.2) is 42.6 Å². The molecular weight excluding hydrogens is 216 g/mol. The van der Waals surface area contributed by atoms with Gasteiger partial charge in [0.15, 0.2) is 0 Å². The average molecular weight is 228 g/mol. The number of aromatic nitrogens is 1. The molecule has 0 spiro atoms. The Bertz CT molecular complexity index is 518. The highest BCUT2D eigenvalue weighted by Gasteiger charge is 2.06. The molecule has 1 aromatic heterocycles. The molecule has 0 aliphatic rings. The molecule has 0 saturated heterocycles. The van der Waals surface area contributed by atoms with Crippen molar-refractivity contribution in [3.05, 3.63) is 48.3 Å². The number of carbonyl (C=O) groups is 1. The van der Waals surface area contributed by atoms with Crippen molar-refractivity contribution in [2.24, 2.45) is 0 Å². The van der Waals surface area contributed by atoms with E-state index in [2.05, 4.69) is 9.72 Å². The molecule has 4 nitrogen and oxygen atoms in total. The fourth-order valence-electron chi connectivity index (χ4n) is 1.47. The number of nitrogens with two attached hydrogens (primary N) is 1. The minimum Gasteiger partial charge on any atom is -0.464 e. The van der Waals surface area contributed by atoms with Crippen LogP contribution in [0.25, 0.3) is 11.1 Å². The number of nitrogen functional groups attached to an aromatic ring is 1. The van der Waals surface area contributed by atoms with E-state index in [1.807, 2.05) is 30.3 Å². The summed E-state index contributed by atoms with van der Waals surface area (Å²) in [7, 11) is 1.33. The monoisotopic (exact) mass is 228 g/mol. The molecule has 0 bridgehead atoms. The Kier molecular flexibility index (Phi) is 3.05. The zero-order valence-corrected chi connectivity index (χ0v) is 9.38. The van der Waals surface area contributed by atoms with Gasteiger partial charge in [0.05, 0.1) is 7.11 Å². The smallest absolute Gasteiger partial charge is 0.356 e. The molecule has 1 aromatic carbocycles. The normalized spacial score (nSPS) is 9.94. The number of hydrogen-bond donors (Lipinski definition) is 1. The molecule has 0 aliphatic heterocycles. The molecule has 0 saturated carbocycles. The van der Waals surface area contributed by atoms with Gasteiger partial charge in [-0.25, -0.2) is 9.78 Å². The van der Waals surface area contributed by atoms with Crippen LogP contribution in [0.3, 0.4) is 0 Å². The highest BCUT2D eigenvalue weighted by atomic mass is 16.5. The molecular formula is C13H12N2O2. The topological polar surface area (TPSA) is 65.2 Å². The van der Waals surface area contributed by atoms with E-state index in [4.69, 9.17) is 5.73 Å². The molecule has 4 heteroatoms. The lowest BCUT2D eigenvalue weighted by molar-refractivity contribution is 0.0594. The highest BCUT2D eigenvalue weighted by molar-refractivity contribution is 5.87. The van der Waals surface area contributed by atoms with E-state index in [0.29, 0.717) is 11.4 Å². The summed E-state index contributed by atoms with van der Waals surface area (Å²) in [6.07, 6.45) is 1.64. The van der Waals surface area contributed by atoms with E-state index in [0.717, 1.165) is 11.1 Å². The molecule has 86 valence electrons. The third-order valence-electron chi connectivity index (χ3n) is 2.40. The van der Waals surface area contributed by atoms with Gasteiger partial charge in [0.2, 0.25) is 0 Å². The molecule has 0 unspecified atom stereocenters. The molecule has 0 amide bonds. The zero-order chi connectivity index (χ0) is 12.3. The van der Waals surface area contributed by atoms with Gasteiger partial charge in [0.25, 0.3) is 0 Å². The summed E-state index contributed by atoms with van der Waals surface area (Å²) in [6.45, 7) is 0. The first-order valence-corrected chi connectivity index (χ1v) is 5.11. The van der Waals surface area contributed by atoms with Gasteiger partial charge in [-0.3, -0.25) is 0 Å². The molecule has 2 N–H and O–H groups in total. The van der Waals surface area contributed by atoms with Crippen LogP contribution in [-0.4, -0.2) is 18.1 Å². The number of nitrogens with zero attached hydrogens (tertiary/aromatic N) is 1. The van der Waals surface area contributed by atoms with Crippen molar-refractivity contribution in [1.82, 2.24) is 4.98 Å². The van der Waals surface area contributed by atoms with Gasteiger partial charge in [-0.1, -0.05) is 18.2 Å². The van der Waals surface area contributed by atoms with Gasteiger partial charge in [0, 0.05) is 17.4 Å². The molecule has 0 fully saturated rings. The van der Waals surface area contributed by atoms with Crippen LogP contribution in [0.5, 0.6) is 0 Å². The Labute approximate surface area is 99.1 Å². The SMILES string of the molecule is COC(=O)c1ccc(-c2ccc(N)cc2)cn1. The van der Waals surface area contributed by atoms with Crippen LogP contribution < -0.4 is 5.73 Å². The van der Waals surface area contributed by atoms with Crippen LogP contribution in [0.2, 0.25) is 0 Å². The summed E-state index contributed by atoms with van der Waals surface area (Å²) < 4.78 is 4.58. The van der Waals surface area contributed by atoms with Crippen molar-refractivity contribution in [2.75, 3.05) is 12.8 Å². The molecule has 2 rings (SSSR count). The Balaban J connectivity index is 2.29. The third kappa shape index (κ3) is 2.42. The summed E-state index contributed by atoms with van der Waals surface area (Å²) in [4.78, 5) is 15.2. The van der Waals surface area contributed by atoms with E-state index >= 15 is 0 Å². The van der Waals surface area contributed by atoms with Gasteiger partial charge < -0.3 is 10.5 Å². The number of methoxy groups -OCH3 is 1. The summed E-state index contributed by atoms with van der Waals surface area (Å²) in [5, 5.41) is 0. The lowest BCUT2D eigenvalue weighted by Gasteiger charge is -2.03. The van der Waals surface area contributed by atoms with Crippen LogP contribution >= 0.6 is 0 Å². The second kappa shape index (κ2) is 4.65. The summed E-state index contributed by atoms with van der Waals surface area (Å²) in [5.74, 6) is -0.436. The van der Waals surface area contributed by atoms with E-state index in [9.17, 15) is 4.79 Å². The second-order valence-electron chi connectivity index (χ2n) is 3.55. The van der Waals surface area contributed by atoms with E-state index in [1.165, 1.54) is 7.11 Å². The van der Waals surface area contributed by atoms with Crippen molar-refractivity contribution in [3.63, 3.8) is 0 Å². The largest absolute Gasteiger partial charge is 0.464 e.